The summed E-state index contributed by atoms with van der Waals surface area (Å²) < 4.78 is 0. The van der Waals surface area contributed by atoms with E-state index in [0.29, 0.717) is 23.4 Å². The average Bonchev–Trinajstić information content (AvgIpc) is 3.53. The minimum absolute atomic E-state index is 0.241. The van der Waals surface area contributed by atoms with Gasteiger partial charge < -0.3 is 14.7 Å². The zero-order chi connectivity index (χ0) is 18.1. The number of nitrogens with zero attached hydrogens (tertiary/aromatic N) is 6. The van der Waals surface area contributed by atoms with Crippen LogP contribution in [0.5, 0.6) is 0 Å². The first-order valence-corrected chi connectivity index (χ1v) is 9.30. The zero-order valence-electron chi connectivity index (χ0n) is 14.8. The number of hydrogen-bond donors (Lipinski definition) is 0. The van der Waals surface area contributed by atoms with Gasteiger partial charge >= 0.3 is 0 Å². The molecule has 2 heterocycles. The summed E-state index contributed by atoms with van der Waals surface area (Å²) in [6, 6.07) is 13.1. The van der Waals surface area contributed by atoms with Gasteiger partial charge in [0.25, 0.3) is 0 Å². The standard InChI is InChI=1S/C19H21ClN6/c1-24(14-7-8-14)19-22-17(20)16(13-21)18(23-19)26-11-9-25(10-12-26)15-5-3-2-4-6-15/h2-6,14H,7-12H2,1H3. The summed E-state index contributed by atoms with van der Waals surface area (Å²) in [6.07, 6.45) is 2.31. The van der Waals surface area contributed by atoms with E-state index in [1.807, 2.05) is 13.1 Å². The zero-order valence-corrected chi connectivity index (χ0v) is 15.5. The Morgan fingerprint density at radius 1 is 1.08 bits per heavy atom. The lowest BCUT2D eigenvalue weighted by molar-refractivity contribution is 0.645. The second-order valence-corrected chi connectivity index (χ2v) is 7.13. The molecule has 0 amide bonds. The first-order chi connectivity index (χ1) is 12.7. The molecule has 2 aromatic rings. The topological polar surface area (TPSA) is 59.3 Å². The van der Waals surface area contributed by atoms with Gasteiger partial charge in [-0.05, 0) is 25.0 Å². The van der Waals surface area contributed by atoms with Gasteiger partial charge in [-0.2, -0.15) is 15.2 Å². The van der Waals surface area contributed by atoms with Crippen molar-refractivity contribution in [2.24, 2.45) is 0 Å². The van der Waals surface area contributed by atoms with Crippen molar-refractivity contribution in [1.29, 1.82) is 5.26 Å². The number of para-hydroxylation sites is 1. The van der Waals surface area contributed by atoms with Crippen molar-refractivity contribution in [3.63, 3.8) is 0 Å². The number of benzene rings is 1. The van der Waals surface area contributed by atoms with Crippen LogP contribution in [0.3, 0.4) is 0 Å². The molecule has 1 saturated carbocycles. The SMILES string of the molecule is CN(c1nc(Cl)c(C#N)c(N2CCN(c3ccccc3)CC2)n1)C1CC1. The van der Waals surface area contributed by atoms with Crippen molar-refractivity contribution in [2.75, 3.05) is 47.9 Å². The normalized spacial score (nSPS) is 17.1. The van der Waals surface area contributed by atoms with Crippen LogP contribution in [0.4, 0.5) is 17.5 Å². The van der Waals surface area contributed by atoms with Crippen LogP contribution in [-0.2, 0) is 0 Å². The van der Waals surface area contributed by atoms with E-state index in [0.717, 1.165) is 39.0 Å². The Labute approximate surface area is 158 Å². The smallest absolute Gasteiger partial charge is 0.228 e. The summed E-state index contributed by atoms with van der Waals surface area (Å²) in [5.74, 6) is 1.26. The second kappa shape index (κ2) is 7.00. The summed E-state index contributed by atoms with van der Waals surface area (Å²) in [5, 5.41) is 9.79. The molecule has 1 aromatic carbocycles. The quantitative estimate of drug-likeness (QED) is 0.773. The number of anilines is 3. The van der Waals surface area contributed by atoms with E-state index in [1.54, 1.807) is 0 Å². The minimum atomic E-state index is 0.241. The lowest BCUT2D eigenvalue weighted by Gasteiger charge is -2.37. The Hall–Kier alpha value is -2.52. The number of rotatable bonds is 4. The van der Waals surface area contributed by atoms with Crippen LogP contribution in [0, 0.1) is 11.3 Å². The van der Waals surface area contributed by atoms with Gasteiger partial charge in [0, 0.05) is 45.0 Å². The first kappa shape index (κ1) is 16.9. The molecule has 0 unspecified atom stereocenters. The van der Waals surface area contributed by atoms with E-state index in [2.05, 4.69) is 50.0 Å². The third-order valence-corrected chi connectivity index (χ3v) is 5.33. The van der Waals surface area contributed by atoms with Gasteiger partial charge in [0.15, 0.2) is 11.0 Å². The van der Waals surface area contributed by atoms with Crippen LogP contribution < -0.4 is 14.7 Å². The van der Waals surface area contributed by atoms with E-state index in [1.165, 1.54) is 5.69 Å². The van der Waals surface area contributed by atoms with Gasteiger partial charge in [-0.1, -0.05) is 29.8 Å². The molecule has 0 spiro atoms. The largest absolute Gasteiger partial charge is 0.368 e. The van der Waals surface area contributed by atoms with Gasteiger partial charge in [-0.25, -0.2) is 0 Å². The van der Waals surface area contributed by atoms with Crippen molar-refractivity contribution < 1.29 is 0 Å². The molecule has 26 heavy (non-hydrogen) atoms. The van der Waals surface area contributed by atoms with Crippen LogP contribution in [0.25, 0.3) is 0 Å². The Balaban J connectivity index is 1.56. The molecular weight excluding hydrogens is 348 g/mol. The molecule has 0 atom stereocenters. The van der Waals surface area contributed by atoms with Gasteiger partial charge in [0.1, 0.15) is 11.6 Å². The van der Waals surface area contributed by atoms with Gasteiger partial charge in [0.2, 0.25) is 5.95 Å². The van der Waals surface area contributed by atoms with Crippen LogP contribution in [-0.4, -0.2) is 49.2 Å². The number of halogens is 1. The Bertz CT molecular complexity index is 822. The third-order valence-electron chi connectivity index (χ3n) is 5.06. The molecule has 1 aromatic heterocycles. The highest BCUT2D eigenvalue weighted by molar-refractivity contribution is 6.31. The molecular formula is C19H21ClN6. The molecule has 4 rings (SSSR count). The summed E-state index contributed by atoms with van der Waals surface area (Å²) in [6.45, 7) is 3.35. The lowest BCUT2D eigenvalue weighted by Crippen LogP contribution is -2.47. The lowest BCUT2D eigenvalue weighted by atomic mass is 10.2. The van der Waals surface area contributed by atoms with E-state index >= 15 is 0 Å². The maximum Gasteiger partial charge on any atom is 0.228 e. The highest BCUT2D eigenvalue weighted by Gasteiger charge is 2.30. The fourth-order valence-corrected chi connectivity index (χ4v) is 3.54. The highest BCUT2D eigenvalue weighted by atomic mass is 35.5. The predicted molar refractivity (Wildman–Crippen MR) is 104 cm³/mol. The van der Waals surface area contributed by atoms with Gasteiger partial charge in [-0.3, -0.25) is 0 Å². The Morgan fingerprint density at radius 2 is 1.73 bits per heavy atom. The van der Waals surface area contributed by atoms with Gasteiger partial charge in [-0.15, -0.1) is 0 Å². The van der Waals surface area contributed by atoms with Crippen molar-refractivity contribution >= 4 is 29.1 Å². The third kappa shape index (κ3) is 3.27. The summed E-state index contributed by atoms with van der Waals surface area (Å²) in [4.78, 5) is 15.6. The summed E-state index contributed by atoms with van der Waals surface area (Å²) in [5.41, 5.74) is 1.59. The van der Waals surface area contributed by atoms with Crippen LogP contribution in [0.2, 0.25) is 5.15 Å². The number of nitriles is 1. The molecule has 134 valence electrons. The fourth-order valence-electron chi connectivity index (χ4n) is 3.33. The number of piperazine rings is 1. The van der Waals surface area contributed by atoms with Crippen LogP contribution in [0.15, 0.2) is 30.3 Å². The van der Waals surface area contributed by atoms with Gasteiger partial charge in [0.05, 0.1) is 0 Å². The molecule has 6 nitrogen and oxygen atoms in total. The Kier molecular flexibility index (Phi) is 4.56. The van der Waals surface area contributed by atoms with E-state index in [9.17, 15) is 5.26 Å². The number of aromatic nitrogens is 2. The fraction of sp³-hybridized carbons (Fsp3) is 0.421. The van der Waals surface area contributed by atoms with E-state index < -0.39 is 0 Å². The van der Waals surface area contributed by atoms with Crippen molar-refractivity contribution in [3.05, 3.63) is 41.0 Å². The molecule has 2 aliphatic rings. The van der Waals surface area contributed by atoms with Crippen molar-refractivity contribution in [2.45, 2.75) is 18.9 Å². The van der Waals surface area contributed by atoms with Crippen molar-refractivity contribution in [1.82, 2.24) is 9.97 Å². The second-order valence-electron chi connectivity index (χ2n) is 6.78. The summed E-state index contributed by atoms with van der Waals surface area (Å²) >= 11 is 6.31. The molecule has 7 heteroatoms. The predicted octanol–water partition coefficient (Wildman–Crippen LogP) is 2.93. The first-order valence-electron chi connectivity index (χ1n) is 8.93. The van der Waals surface area contributed by atoms with Crippen LogP contribution >= 0.6 is 11.6 Å². The molecule has 1 saturated heterocycles. The molecule has 0 N–H and O–H groups in total. The molecule has 0 bridgehead atoms. The summed E-state index contributed by atoms with van der Waals surface area (Å²) in [7, 11) is 1.99. The average molecular weight is 369 g/mol. The number of hydrogen-bond acceptors (Lipinski definition) is 6. The molecule has 1 aliphatic heterocycles. The molecule has 2 fully saturated rings. The maximum absolute atomic E-state index is 9.55. The van der Waals surface area contributed by atoms with E-state index in [-0.39, 0.29) is 5.15 Å². The van der Waals surface area contributed by atoms with Crippen molar-refractivity contribution in [3.8, 4) is 6.07 Å². The van der Waals surface area contributed by atoms with E-state index in [4.69, 9.17) is 16.6 Å². The Morgan fingerprint density at radius 3 is 2.35 bits per heavy atom. The van der Waals surface area contributed by atoms with Crippen LogP contribution in [0.1, 0.15) is 18.4 Å². The minimum Gasteiger partial charge on any atom is -0.368 e. The molecule has 0 radical (unpaired) electrons. The highest BCUT2D eigenvalue weighted by Crippen LogP contribution is 2.32. The monoisotopic (exact) mass is 368 g/mol. The maximum atomic E-state index is 9.55. The molecule has 1 aliphatic carbocycles.